The summed E-state index contributed by atoms with van der Waals surface area (Å²) in [4.78, 5) is 25.0. The zero-order valence-corrected chi connectivity index (χ0v) is 27.2. The van der Waals surface area contributed by atoms with E-state index in [4.69, 9.17) is 4.74 Å². The van der Waals surface area contributed by atoms with E-state index in [1.807, 2.05) is 12.1 Å². The fraction of sp³-hybridized carbons (Fsp3) is 0.684. The SMILES string of the molecule is COC(=O)c1ccc(C2=CCC3(C)C(CCC4(C)C3CC=C3C5CC(C)(C)CCC5(C(=O)O)CCC34C)C2(C)C)cc1. The molecule has 1 aromatic carbocycles. The van der Waals surface area contributed by atoms with Crippen molar-refractivity contribution in [3.05, 3.63) is 53.1 Å². The van der Waals surface area contributed by atoms with Gasteiger partial charge in [0.05, 0.1) is 18.1 Å². The Morgan fingerprint density at radius 2 is 1.52 bits per heavy atom. The fourth-order valence-corrected chi connectivity index (χ4v) is 11.6. The second kappa shape index (κ2) is 9.32. The minimum atomic E-state index is -0.584. The van der Waals surface area contributed by atoms with Crippen LogP contribution in [-0.4, -0.2) is 24.2 Å². The van der Waals surface area contributed by atoms with Crippen LogP contribution in [0.5, 0.6) is 0 Å². The minimum absolute atomic E-state index is 0.00439. The van der Waals surface area contributed by atoms with Gasteiger partial charge < -0.3 is 9.84 Å². The van der Waals surface area contributed by atoms with Crippen LogP contribution in [0.15, 0.2) is 42.0 Å². The number of ether oxygens (including phenoxy) is 1. The summed E-state index contributed by atoms with van der Waals surface area (Å²) in [6.45, 7) is 17.3. The molecule has 4 heteroatoms. The molecule has 5 aliphatic rings. The van der Waals surface area contributed by atoms with E-state index in [0.717, 1.165) is 44.9 Å². The fourth-order valence-electron chi connectivity index (χ4n) is 11.6. The molecule has 0 amide bonds. The van der Waals surface area contributed by atoms with Crippen molar-refractivity contribution in [2.24, 2.45) is 50.2 Å². The van der Waals surface area contributed by atoms with Gasteiger partial charge in [-0.15, -0.1) is 0 Å². The summed E-state index contributed by atoms with van der Waals surface area (Å²) < 4.78 is 4.92. The van der Waals surface area contributed by atoms with Crippen LogP contribution in [0.2, 0.25) is 0 Å². The van der Waals surface area contributed by atoms with E-state index in [2.05, 4.69) is 72.8 Å². The van der Waals surface area contributed by atoms with Crippen LogP contribution in [0.3, 0.4) is 0 Å². The van der Waals surface area contributed by atoms with Crippen LogP contribution < -0.4 is 0 Å². The molecule has 0 aliphatic heterocycles. The number of methoxy groups -OCH3 is 1. The summed E-state index contributed by atoms with van der Waals surface area (Å²) in [5, 5.41) is 10.6. The molecule has 1 N–H and O–H groups in total. The van der Waals surface area contributed by atoms with Crippen molar-refractivity contribution in [1.82, 2.24) is 0 Å². The lowest BCUT2D eigenvalue weighted by Crippen LogP contribution is -2.63. The van der Waals surface area contributed by atoms with E-state index in [-0.39, 0.29) is 39.0 Å². The predicted octanol–water partition coefficient (Wildman–Crippen LogP) is 9.35. The molecule has 1 aromatic rings. The van der Waals surface area contributed by atoms with E-state index in [1.165, 1.54) is 36.7 Å². The number of carboxylic acid groups (broad SMARTS) is 1. The number of carboxylic acids is 1. The molecule has 4 nitrogen and oxygen atoms in total. The summed E-state index contributed by atoms with van der Waals surface area (Å²) in [6, 6.07) is 7.97. The third-order valence-electron chi connectivity index (χ3n) is 14.3. The first-order chi connectivity index (χ1) is 19.6. The Morgan fingerprint density at radius 1 is 0.857 bits per heavy atom. The molecular formula is C38H52O4. The predicted molar refractivity (Wildman–Crippen MR) is 168 cm³/mol. The summed E-state index contributed by atoms with van der Waals surface area (Å²) in [6.07, 6.45) is 14.2. The maximum Gasteiger partial charge on any atom is 0.337 e. The number of esters is 1. The highest BCUT2D eigenvalue weighted by atomic mass is 16.5. The number of hydrogen-bond donors (Lipinski definition) is 1. The quantitative estimate of drug-likeness (QED) is 0.289. The number of allylic oxidation sites excluding steroid dienone is 4. The van der Waals surface area contributed by atoms with Gasteiger partial charge in [0.2, 0.25) is 0 Å². The number of hydrogen-bond acceptors (Lipinski definition) is 3. The average Bonchev–Trinajstić information content (AvgIpc) is 2.92. The molecule has 0 spiro atoms. The Labute approximate surface area is 253 Å². The molecule has 0 bridgehead atoms. The third-order valence-corrected chi connectivity index (χ3v) is 14.3. The van der Waals surface area contributed by atoms with Crippen LogP contribution in [0.4, 0.5) is 0 Å². The second-order valence-electron chi connectivity index (χ2n) is 16.8. The van der Waals surface area contributed by atoms with E-state index >= 15 is 0 Å². The normalized spacial score (nSPS) is 41.6. The number of rotatable bonds is 3. The Balaban J connectivity index is 1.38. The van der Waals surface area contributed by atoms with Gasteiger partial charge >= 0.3 is 11.9 Å². The molecule has 3 fully saturated rings. The summed E-state index contributed by atoms with van der Waals surface area (Å²) >= 11 is 0. The van der Waals surface area contributed by atoms with Gasteiger partial charge in [-0.05, 0) is 126 Å². The molecule has 5 aliphatic carbocycles. The lowest BCUT2D eigenvalue weighted by atomic mass is 9.34. The lowest BCUT2D eigenvalue weighted by molar-refractivity contribution is -0.177. The third kappa shape index (κ3) is 3.84. The monoisotopic (exact) mass is 572 g/mol. The Hall–Kier alpha value is -2.36. The first-order valence-electron chi connectivity index (χ1n) is 16.4. The zero-order valence-electron chi connectivity index (χ0n) is 27.2. The zero-order chi connectivity index (χ0) is 30.5. The highest BCUT2D eigenvalue weighted by molar-refractivity contribution is 5.90. The van der Waals surface area contributed by atoms with Gasteiger partial charge in [0, 0.05) is 0 Å². The van der Waals surface area contributed by atoms with E-state index < -0.39 is 11.4 Å². The average molecular weight is 573 g/mol. The van der Waals surface area contributed by atoms with E-state index in [0.29, 0.717) is 17.4 Å². The number of carbonyl (C=O) groups excluding carboxylic acids is 1. The topological polar surface area (TPSA) is 63.6 Å². The number of fused-ring (bicyclic) bond motifs is 7. The number of carbonyl (C=O) groups is 2. The lowest BCUT2D eigenvalue weighted by Gasteiger charge is -2.70. The van der Waals surface area contributed by atoms with Gasteiger partial charge in [-0.2, -0.15) is 0 Å². The van der Waals surface area contributed by atoms with Crippen LogP contribution in [-0.2, 0) is 9.53 Å². The summed E-state index contributed by atoms with van der Waals surface area (Å²) in [5.74, 6) is 0.418. The van der Waals surface area contributed by atoms with Crippen LogP contribution in [0, 0.1) is 50.2 Å². The standard InChI is InChI=1S/C38H52O4/c1-33(2)19-21-38(32(40)41)22-20-36(6)27(28(38)23-33)13-14-30-35(5)17-15-26(24-9-11-25(12-10-24)31(39)42-8)34(3,4)29(35)16-18-37(30,36)7/h9-13,15,28-30H,14,16-23H2,1-8H3,(H,40,41). The Bertz CT molecular complexity index is 1360. The minimum Gasteiger partial charge on any atom is -0.481 e. The molecule has 0 aromatic heterocycles. The van der Waals surface area contributed by atoms with Gasteiger partial charge in [-0.25, -0.2) is 4.79 Å². The first kappa shape index (κ1) is 29.7. The molecule has 6 rings (SSSR count). The Morgan fingerprint density at radius 3 is 2.17 bits per heavy atom. The number of benzene rings is 1. The van der Waals surface area contributed by atoms with Crippen LogP contribution in [0.1, 0.15) is 122 Å². The highest BCUT2D eigenvalue weighted by Gasteiger charge is 2.68. The number of aliphatic carboxylic acids is 1. The smallest absolute Gasteiger partial charge is 0.337 e. The van der Waals surface area contributed by atoms with Crippen molar-refractivity contribution in [2.45, 2.75) is 106 Å². The molecule has 0 heterocycles. The largest absolute Gasteiger partial charge is 0.481 e. The molecule has 3 saturated carbocycles. The highest BCUT2D eigenvalue weighted by Crippen LogP contribution is 2.76. The van der Waals surface area contributed by atoms with E-state index in [9.17, 15) is 14.7 Å². The summed E-state index contributed by atoms with van der Waals surface area (Å²) in [7, 11) is 1.43. The first-order valence-corrected chi connectivity index (χ1v) is 16.4. The Kier molecular flexibility index (Phi) is 6.59. The molecular weight excluding hydrogens is 520 g/mol. The van der Waals surface area contributed by atoms with Crippen molar-refractivity contribution in [1.29, 1.82) is 0 Å². The van der Waals surface area contributed by atoms with Crippen molar-refractivity contribution in [3.8, 4) is 0 Å². The van der Waals surface area contributed by atoms with Crippen molar-refractivity contribution >= 4 is 17.5 Å². The van der Waals surface area contributed by atoms with Crippen LogP contribution in [0.25, 0.3) is 5.57 Å². The molecule has 0 saturated heterocycles. The second-order valence-corrected chi connectivity index (χ2v) is 16.8. The summed E-state index contributed by atoms with van der Waals surface area (Å²) in [5.41, 5.74) is 4.67. The van der Waals surface area contributed by atoms with Crippen molar-refractivity contribution in [3.63, 3.8) is 0 Å². The van der Waals surface area contributed by atoms with Gasteiger partial charge in [-0.1, -0.05) is 78.3 Å². The van der Waals surface area contributed by atoms with E-state index in [1.54, 1.807) is 0 Å². The molecule has 228 valence electrons. The molecule has 7 atom stereocenters. The maximum atomic E-state index is 12.9. The van der Waals surface area contributed by atoms with Crippen LogP contribution >= 0.6 is 0 Å². The molecule has 42 heavy (non-hydrogen) atoms. The van der Waals surface area contributed by atoms with Gasteiger partial charge in [-0.3, -0.25) is 4.79 Å². The maximum absolute atomic E-state index is 12.9. The van der Waals surface area contributed by atoms with Crippen molar-refractivity contribution in [2.75, 3.05) is 7.11 Å². The van der Waals surface area contributed by atoms with Crippen molar-refractivity contribution < 1.29 is 19.4 Å². The van der Waals surface area contributed by atoms with Gasteiger partial charge in [0.1, 0.15) is 0 Å². The molecule has 0 radical (unpaired) electrons. The van der Waals surface area contributed by atoms with Gasteiger partial charge in [0.25, 0.3) is 0 Å². The van der Waals surface area contributed by atoms with Gasteiger partial charge in [0.15, 0.2) is 0 Å². The molecule has 7 unspecified atom stereocenters.